The van der Waals surface area contributed by atoms with Gasteiger partial charge in [-0.25, -0.2) is 8.42 Å². The third-order valence-corrected chi connectivity index (χ3v) is 2.98. The second-order valence-electron chi connectivity index (χ2n) is 3.64. The fraction of sp³-hybridized carbons (Fsp3) is 0.364. The molecule has 0 spiro atoms. The van der Waals surface area contributed by atoms with Gasteiger partial charge in [0.15, 0.2) is 0 Å². The fourth-order valence-electron chi connectivity index (χ4n) is 1.16. The first-order chi connectivity index (χ1) is 7.47. The van der Waals surface area contributed by atoms with Crippen LogP contribution in [0.3, 0.4) is 0 Å². The fourth-order valence-corrected chi connectivity index (χ4v) is 1.72. The maximum absolute atomic E-state index is 11.3. The summed E-state index contributed by atoms with van der Waals surface area (Å²) < 4.78 is 21.7. The first kappa shape index (κ1) is 12.7. The number of amides is 1. The van der Waals surface area contributed by atoms with Crippen molar-refractivity contribution < 1.29 is 13.2 Å². The molecule has 1 aromatic rings. The zero-order valence-corrected chi connectivity index (χ0v) is 9.96. The summed E-state index contributed by atoms with van der Waals surface area (Å²) in [5, 5.41) is 2.67. The summed E-state index contributed by atoms with van der Waals surface area (Å²) in [4.78, 5) is 11.3. The van der Waals surface area contributed by atoms with Gasteiger partial charge in [0, 0.05) is 19.2 Å². The van der Waals surface area contributed by atoms with Gasteiger partial charge in [-0.15, -0.1) is 0 Å². The van der Waals surface area contributed by atoms with Crippen LogP contribution in [0, 0.1) is 0 Å². The third-order valence-electron chi connectivity index (χ3n) is 2.03. The van der Waals surface area contributed by atoms with Gasteiger partial charge in [0.05, 0.1) is 5.75 Å². The van der Waals surface area contributed by atoms with Crippen LogP contribution in [-0.4, -0.2) is 26.3 Å². The van der Waals surface area contributed by atoms with Gasteiger partial charge < -0.3 is 5.32 Å². The number of benzene rings is 1. The average Bonchev–Trinajstić information content (AvgIpc) is 2.24. The van der Waals surface area contributed by atoms with Crippen molar-refractivity contribution in [3.8, 4) is 0 Å². The van der Waals surface area contributed by atoms with Crippen LogP contribution in [0.2, 0.25) is 0 Å². The summed E-state index contributed by atoms with van der Waals surface area (Å²) in [6.07, 6.45) is 1.14. The minimum Gasteiger partial charge on any atom is -0.352 e. The maximum Gasteiger partial charge on any atom is 0.221 e. The summed E-state index contributed by atoms with van der Waals surface area (Å²) in [6, 6.07) is 9.47. The molecule has 1 amide bonds. The molecule has 1 aromatic carbocycles. The molecule has 0 aliphatic rings. The lowest BCUT2D eigenvalue weighted by Crippen LogP contribution is -2.24. The Hall–Kier alpha value is -1.36. The van der Waals surface area contributed by atoms with Crippen molar-refractivity contribution in [2.45, 2.75) is 13.0 Å². The molecule has 16 heavy (non-hydrogen) atoms. The Labute approximate surface area is 95.6 Å². The number of carbonyl (C=O) groups excluding carboxylic acids is 1. The van der Waals surface area contributed by atoms with Gasteiger partial charge in [-0.3, -0.25) is 4.79 Å². The van der Waals surface area contributed by atoms with E-state index in [4.69, 9.17) is 0 Å². The topological polar surface area (TPSA) is 63.2 Å². The van der Waals surface area contributed by atoms with Gasteiger partial charge in [0.25, 0.3) is 0 Å². The monoisotopic (exact) mass is 241 g/mol. The van der Waals surface area contributed by atoms with Crippen LogP contribution in [0.5, 0.6) is 0 Å². The molecular weight excluding hydrogens is 226 g/mol. The summed E-state index contributed by atoms with van der Waals surface area (Å²) >= 11 is 0. The molecule has 0 saturated carbocycles. The quantitative estimate of drug-likeness (QED) is 0.827. The van der Waals surface area contributed by atoms with Crippen LogP contribution in [-0.2, 0) is 21.2 Å². The number of rotatable bonds is 5. The highest BCUT2D eigenvalue weighted by atomic mass is 32.2. The predicted molar refractivity (Wildman–Crippen MR) is 62.6 cm³/mol. The Morgan fingerprint density at radius 3 is 2.44 bits per heavy atom. The van der Waals surface area contributed by atoms with E-state index in [-0.39, 0.29) is 18.1 Å². The second kappa shape index (κ2) is 5.65. The zero-order valence-electron chi connectivity index (χ0n) is 9.14. The van der Waals surface area contributed by atoms with E-state index in [0.29, 0.717) is 6.54 Å². The molecule has 0 fully saturated rings. The van der Waals surface area contributed by atoms with Crippen molar-refractivity contribution >= 4 is 15.7 Å². The highest BCUT2D eigenvalue weighted by molar-refractivity contribution is 7.90. The minimum absolute atomic E-state index is 0.0195. The number of carbonyl (C=O) groups is 1. The van der Waals surface area contributed by atoms with Crippen molar-refractivity contribution in [3.05, 3.63) is 35.9 Å². The van der Waals surface area contributed by atoms with Crippen LogP contribution in [0.1, 0.15) is 12.0 Å². The van der Waals surface area contributed by atoms with Crippen LogP contribution in [0.15, 0.2) is 30.3 Å². The lowest BCUT2D eigenvalue weighted by molar-refractivity contribution is -0.120. The average molecular weight is 241 g/mol. The molecule has 0 atom stereocenters. The summed E-state index contributed by atoms with van der Waals surface area (Å²) in [6.45, 7) is 0.434. The van der Waals surface area contributed by atoms with Crippen molar-refractivity contribution in [2.75, 3.05) is 12.0 Å². The second-order valence-corrected chi connectivity index (χ2v) is 5.90. The summed E-state index contributed by atoms with van der Waals surface area (Å²) in [5.74, 6) is -0.345. The molecular formula is C11H15NO3S. The van der Waals surface area contributed by atoms with Gasteiger partial charge in [-0.1, -0.05) is 30.3 Å². The van der Waals surface area contributed by atoms with Crippen LogP contribution >= 0.6 is 0 Å². The van der Waals surface area contributed by atoms with Gasteiger partial charge in [-0.2, -0.15) is 0 Å². The molecule has 5 heteroatoms. The lowest BCUT2D eigenvalue weighted by Gasteiger charge is -2.04. The standard InChI is InChI=1S/C11H15NO3S/c1-16(14,15)8-7-11(13)12-9-10-5-3-2-4-6-10/h2-6H,7-9H2,1H3,(H,12,13). The molecule has 0 aliphatic heterocycles. The van der Waals surface area contributed by atoms with E-state index >= 15 is 0 Å². The first-order valence-electron chi connectivity index (χ1n) is 4.96. The highest BCUT2D eigenvalue weighted by Gasteiger charge is 2.07. The molecule has 0 saturated heterocycles. The molecule has 1 rings (SSSR count). The summed E-state index contributed by atoms with van der Waals surface area (Å²) in [5.41, 5.74) is 0.996. The molecule has 4 nitrogen and oxygen atoms in total. The number of hydrogen-bond donors (Lipinski definition) is 1. The highest BCUT2D eigenvalue weighted by Crippen LogP contribution is 1.97. The van der Waals surface area contributed by atoms with Crippen LogP contribution < -0.4 is 5.32 Å². The summed E-state index contributed by atoms with van der Waals surface area (Å²) in [7, 11) is -3.06. The Kier molecular flexibility index (Phi) is 4.49. The van der Waals surface area contributed by atoms with Gasteiger partial charge in [0.2, 0.25) is 5.91 Å². The minimum atomic E-state index is -3.06. The maximum atomic E-state index is 11.3. The third kappa shape index (κ3) is 5.50. The lowest BCUT2D eigenvalue weighted by atomic mass is 10.2. The van der Waals surface area contributed by atoms with E-state index in [0.717, 1.165) is 11.8 Å². The van der Waals surface area contributed by atoms with Crippen molar-refractivity contribution in [2.24, 2.45) is 0 Å². The Bertz CT molecular complexity index is 440. The number of nitrogens with one attached hydrogen (secondary N) is 1. The van der Waals surface area contributed by atoms with Gasteiger partial charge in [0.1, 0.15) is 9.84 Å². The van der Waals surface area contributed by atoms with E-state index in [1.807, 2.05) is 30.3 Å². The Balaban J connectivity index is 2.31. The molecule has 88 valence electrons. The van der Waals surface area contributed by atoms with Crippen molar-refractivity contribution in [1.29, 1.82) is 0 Å². The SMILES string of the molecule is CS(=O)(=O)CCC(=O)NCc1ccccc1. The van der Waals surface area contributed by atoms with Crippen molar-refractivity contribution in [1.82, 2.24) is 5.32 Å². The van der Waals surface area contributed by atoms with Crippen LogP contribution in [0.4, 0.5) is 0 Å². The smallest absolute Gasteiger partial charge is 0.221 e. The van der Waals surface area contributed by atoms with Gasteiger partial charge in [-0.05, 0) is 5.56 Å². The van der Waals surface area contributed by atoms with E-state index in [1.54, 1.807) is 0 Å². The Morgan fingerprint density at radius 2 is 1.88 bits per heavy atom. The van der Waals surface area contributed by atoms with E-state index in [2.05, 4.69) is 5.32 Å². The first-order valence-corrected chi connectivity index (χ1v) is 7.02. The molecule has 0 aromatic heterocycles. The van der Waals surface area contributed by atoms with E-state index < -0.39 is 9.84 Å². The zero-order chi connectivity index (χ0) is 12.0. The normalized spacial score (nSPS) is 11.1. The number of hydrogen-bond acceptors (Lipinski definition) is 3. The molecule has 0 heterocycles. The molecule has 0 radical (unpaired) electrons. The Morgan fingerprint density at radius 1 is 1.25 bits per heavy atom. The predicted octanol–water partition coefficient (Wildman–Crippen LogP) is 0.737. The number of sulfone groups is 1. The molecule has 0 aliphatic carbocycles. The van der Waals surface area contributed by atoms with E-state index in [1.165, 1.54) is 0 Å². The van der Waals surface area contributed by atoms with Crippen molar-refractivity contribution in [3.63, 3.8) is 0 Å². The van der Waals surface area contributed by atoms with Crippen LogP contribution in [0.25, 0.3) is 0 Å². The molecule has 0 unspecified atom stereocenters. The van der Waals surface area contributed by atoms with E-state index in [9.17, 15) is 13.2 Å². The molecule has 1 N–H and O–H groups in total. The largest absolute Gasteiger partial charge is 0.352 e. The molecule has 0 bridgehead atoms. The van der Waals surface area contributed by atoms with Gasteiger partial charge >= 0.3 is 0 Å².